The SMILES string of the molecule is NS(=O)(=O)c1ccccc1NCc1ccc(F)c(Cl)c1. The van der Waals surface area contributed by atoms with Gasteiger partial charge in [0.1, 0.15) is 10.7 Å². The predicted molar refractivity (Wildman–Crippen MR) is 76.6 cm³/mol. The molecule has 0 bridgehead atoms. The molecule has 0 atom stereocenters. The largest absolute Gasteiger partial charge is 0.380 e. The standard InChI is InChI=1S/C13H12ClFN2O2S/c14-10-7-9(5-6-11(10)15)8-17-12-3-1-2-4-13(12)20(16,18)19/h1-7,17H,8H2,(H2,16,18,19). The Hall–Kier alpha value is -1.63. The van der Waals surface area contributed by atoms with E-state index < -0.39 is 15.8 Å². The van der Waals surface area contributed by atoms with Gasteiger partial charge in [-0.05, 0) is 29.8 Å². The Morgan fingerprint density at radius 3 is 2.55 bits per heavy atom. The second-order valence-corrected chi connectivity index (χ2v) is 6.08. The highest BCUT2D eigenvalue weighted by molar-refractivity contribution is 7.89. The maximum atomic E-state index is 13.0. The molecule has 0 unspecified atom stereocenters. The van der Waals surface area contributed by atoms with Gasteiger partial charge in [-0.1, -0.05) is 29.8 Å². The van der Waals surface area contributed by atoms with Gasteiger partial charge in [0.2, 0.25) is 10.0 Å². The molecule has 20 heavy (non-hydrogen) atoms. The molecule has 4 nitrogen and oxygen atoms in total. The van der Waals surface area contributed by atoms with Crippen LogP contribution in [0.1, 0.15) is 5.56 Å². The fourth-order valence-corrected chi connectivity index (χ4v) is 2.63. The number of nitrogens with two attached hydrogens (primary N) is 1. The number of hydrogen-bond acceptors (Lipinski definition) is 3. The average molecular weight is 315 g/mol. The van der Waals surface area contributed by atoms with E-state index in [1.165, 1.54) is 18.2 Å². The van der Waals surface area contributed by atoms with Crippen molar-refractivity contribution in [3.63, 3.8) is 0 Å². The number of sulfonamides is 1. The highest BCUT2D eigenvalue weighted by atomic mass is 35.5. The minimum Gasteiger partial charge on any atom is -0.380 e. The lowest BCUT2D eigenvalue weighted by molar-refractivity contribution is 0.598. The molecule has 0 saturated carbocycles. The molecule has 0 radical (unpaired) electrons. The molecule has 0 aliphatic heterocycles. The lowest BCUT2D eigenvalue weighted by Crippen LogP contribution is -2.15. The van der Waals surface area contributed by atoms with E-state index in [1.807, 2.05) is 0 Å². The quantitative estimate of drug-likeness (QED) is 0.911. The molecule has 0 amide bonds. The molecule has 106 valence electrons. The number of anilines is 1. The summed E-state index contributed by atoms with van der Waals surface area (Å²) in [6.07, 6.45) is 0. The van der Waals surface area contributed by atoms with E-state index in [9.17, 15) is 12.8 Å². The van der Waals surface area contributed by atoms with Crippen LogP contribution < -0.4 is 10.5 Å². The predicted octanol–water partition coefficient (Wildman–Crippen LogP) is 2.74. The van der Waals surface area contributed by atoms with Crippen molar-refractivity contribution in [1.29, 1.82) is 0 Å². The smallest absolute Gasteiger partial charge is 0.240 e. The van der Waals surface area contributed by atoms with Crippen LogP contribution in [-0.4, -0.2) is 8.42 Å². The normalized spacial score (nSPS) is 11.3. The molecule has 0 aromatic heterocycles. The van der Waals surface area contributed by atoms with Crippen LogP contribution in [0.5, 0.6) is 0 Å². The van der Waals surface area contributed by atoms with Crippen molar-refractivity contribution in [2.75, 3.05) is 5.32 Å². The van der Waals surface area contributed by atoms with Crippen LogP contribution >= 0.6 is 11.6 Å². The maximum absolute atomic E-state index is 13.0. The summed E-state index contributed by atoms with van der Waals surface area (Å²) in [5.41, 5.74) is 1.11. The third-order valence-corrected chi connectivity index (χ3v) is 3.92. The first kappa shape index (κ1) is 14.8. The van der Waals surface area contributed by atoms with Gasteiger partial charge >= 0.3 is 0 Å². The molecule has 0 saturated heterocycles. The second kappa shape index (κ2) is 5.78. The summed E-state index contributed by atoms with van der Waals surface area (Å²) in [5, 5.41) is 8.09. The Morgan fingerprint density at radius 2 is 1.90 bits per heavy atom. The third-order valence-electron chi connectivity index (χ3n) is 2.66. The lowest BCUT2D eigenvalue weighted by Gasteiger charge is -2.10. The van der Waals surface area contributed by atoms with Gasteiger partial charge in [0.25, 0.3) is 0 Å². The number of para-hydroxylation sites is 1. The molecule has 0 heterocycles. The Kier molecular flexibility index (Phi) is 4.27. The summed E-state index contributed by atoms with van der Waals surface area (Å²) in [5.74, 6) is -0.500. The van der Waals surface area contributed by atoms with Gasteiger partial charge in [-0.25, -0.2) is 17.9 Å². The molecule has 0 aliphatic carbocycles. The summed E-state index contributed by atoms with van der Waals surface area (Å²) in [6.45, 7) is 0.298. The number of hydrogen-bond donors (Lipinski definition) is 2. The second-order valence-electron chi connectivity index (χ2n) is 4.14. The van der Waals surface area contributed by atoms with Gasteiger partial charge in [-0.15, -0.1) is 0 Å². The first-order valence-corrected chi connectivity index (χ1v) is 7.60. The van der Waals surface area contributed by atoms with Gasteiger partial charge < -0.3 is 5.32 Å². The van der Waals surface area contributed by atoms with Gasteiger partial charge in [0, 0.05) is 6.54 Å². The zero-order chi connectivity index (χ0) is 14.8. The van der Waals surface area contributed by atoms with Gasteiger partial charge in [-0.2, -0.15) is 0 Å². The van der Waals surface area contributed by atoms with Crippen LogP contribution in [0, 0.1) is 5.82 Å². The van der Waals surface area contributed by atoms with E-state index >= 15 is 0 Å². The van der Waals surface area contributed by atoms with E-state index in [1.54, 1.807) is 24.3 Å². The molecule has 3 N–H and O–H groups in total. The lowest BCUT2D eigenvalue weighted by atomic mass is 10.2. The van der Waals surface area contributed by atoms with E-state index in [2.05, 4.69) is 5.32 Å². The summed E-state index contributed by atoms with van der Waals surface area (Å²) >= 11 is 5.68. The monoisotopic (exact) mass is 314 g/mol. The van der Waals surface area contributed by atoms with Crippen LogP contribution in [0.4, 0.5) is 10.1 Å². The third kappa shape index (κ3) is 3.47. The number of rotatable bonds is 4. The Balaban J connectivity index is 2.21. The Bertz CT molecular complexity index is 735. The van der Waals surface area contributed by atoms with Crippen LogP contribution in [-0.2, 0) is 16.6 Å². The first-order chi connectivity index (χ1) is 9.38. The molecule has 2 aromatic carbocycles. The van der Waals surface area contributed by atoms with Gasteiger partial charge in [-0.3, -0.25) is 0 Å². The van der Waals surface area contributed by atoms with Crippen LogP contribution in [0.3, 0.4) is 0 Å². The fourth-order valence-electron chi connectivity index (χ4n) is 1.71. The summed E-state index contributed by atoms with van der Waals surface area (Å²) < 4.78 is 35.9. The van der Waals surface area contributed by atoms with E-state index in [-0.39, 0.29) is 9.92 Å². The van der Waals surface area contributed by atoms with Crippen molar-refractivity contribution in [1.82, 2.24) is 0 Å². The fraction of sp³-hybridized carbons (Fsp3) is 0.0769. The van der Waals surface area contributed by atoms with E-state index in [0.717, 1.165) is 5.56 Å². The van der Waals surface area contributed by atoms with Crippen LogP contribution in [0.2, 0.25) is 5.02 Å². The van der Waals surface area contributed by atoms with Crippen molar-refractivity contribution in [2.45, 2.75) is 11.4 Å². The molecule has 2 rings (SSSR count). The maximum Gasteiger partial charge on any atom is 0.240 e. The van der Waals surface area contributed by atoms with Crippen molar-refractivity contribution < 1.29 is 12.8 Å². The number of benzene rings is 2. The van der Waals surface area contributed by atoms with E-state index in [4.69, 9.17) is 16.7 Å². The number of halogens is 2. The molecule has 0 aliphatic rings. The summed E-state index contributed by atoms with van der Waals surface area (Å²) in [6, 6.07) is 10.6. The Labute approximate surface area is 121 Å². The van der Waals surface area contributed by atoms with Crippen molar-refractivity contribution >= 4 is 27.3 Å². The molecule has 7 heteroatoms. The zero-order valence-corrected chi connectivity index (χ0v) is 11.9. The minimum atomic E-state index is -3.80. The van der Waals surface area contributed by atoms with Gasteiger partial charge in [0.05, 0.1) is 10.7 Å². The topological polar surface area (TPSA) is 72.2 Å². The first-order valence-electron chi connectivity index (χ1n) is 5.67. The van der Waals surface area contributed by atoms with Gasteiger partial charge in [0.15, 0.2) is 0 Å². The molecular formula is C13H12ClFN2O2S. The molecule has 0 spiro atoms. The Morgan fingerprint density at radius 1 is 1.20 bits per heavy atom. The van der Waals surface area contributed by atoms with E-state index in [0.29, 0.717) is 12.2 Å². The molecule has 0 fully saturated rings. The summed E-state index contributed by atoms with van der Waals surface area (Å²) in [7, 11) is -3.80. The van der Waals surface area contributed by atoms with Crippen molar-refractivity contribution in [3.05, 3.63) is 58.9 Å². The highest BCUT2D eigenvalue weighted by Crippen LogP contribution is 2.21. The number of nitrogens with one attached hydrogen (secondary N) is 1. The zero-order valence-electron chi connectivity index (χ0n) is 10.3. The summed E-state index contributed by atoms with van der Waals surface area (Å²) in [4.78, 5) is 0.00760. The highest BCUT2D eigenvalue weighted by Gasteiger charge is 2.12. The minimum absolute atomic E-state index is 0.00760. The molecular weight excluding hydrogens is 303 g/mol. The number of primary sulfonamides is 1. The van der Waals surface area contributed by atoms with Crippen LogP contribution in [0.25, 0.3) is 0 Å². The van der Waals surface area contributed by atoms with Crippen LogP contribution in [0.15, 0.2) is 47.4 Å². The average Bonchev–Trinajstić information content (AvgIpc) is 2.39. The van der Waals surface area contributed by atoms with Crippen molar-refractivity contribution in [3.8, 4) is 0 Å². The van der Waals surface area contributed by atoms with Crippen molar-refractivity contribution in [2.24, 2.45) is 5.14 Å². The molecule has 2 aromatic rings.